The SMILES string of the molecule is COCCn1c(Cc2ccc(-c3cccc(OCc4ccccc4N)n3)cc2F)nc2ccc(C(=O)O)cc21. The molecule has 0 spiro atoms. The highest BCUT2D eigenvalue weighted by molar-refractivity contribution is 5.92. The van der Waals surface area contributed by atoms with Crippen LogP contribution in [0.3, 0.4) is 0 Å². The third kappa shape index (κ3) is 5.73. The third-order valence-corrected chi connectivity index (χ3v) is 6.44. The fourth-order valence-electron chi connectivity index (χ4n) is 4.37. The van der Waals surface area contributed by atoms with Crippen LogP contribution in [0.4, 0.5) is 10.1 Å². The van der Waals surface area contributed by atoms with Crippen molar-refractivity contribution in [1.82, 2.24) is 14.5 Å². The molecule has 0 bridgehead atoms. The smallest absolute Gasteiger partial charge is 0.335 e. The van der Waals surface area contributed by atoms with Gasteiger partial charge in [-0.25, -0.2) is 19.2 Å². The van der Waals surface area contributed by atoms with Gasteiger partial charge in [-0.05, 0) is 42.0 Å². The van der Waals surface area contributed by atoms with Crippen molar-refractivity contribution in [2.75, 3.05) is 19.5 Å². The number of halogens is 1. The van der Waals surface area contributed by atoms with E-state index in [0.717, 1.165) is 5.56 Å². The Hall–Kier alpha value is -4.76. The van der Waals surface area contributed by atoms with Crippen molar-refractivity contribution in [3.63, 3.8) is 0 Å². The molecule has 0 unspecified atom stereocenters. The molecule has 0 fully saturated rings. The average Bonchev–Trinajstić information content (AvgIpc) is 3.28. The minimum Gasteiger partial charge on any atom is -0.478 e. The van der Waals surface area contributed by atoms with E-state index in [-0.39, 0.29) is 18.6 Å². The van der Waals surface area contributed by atoms with E-state index in [1.165, 1.54) is 12.1 Å². The van der Waals surface area contributed by atoms with Gasteiger partial charge < -0.3 is 24.9 Å². The van der Waals surface area contributed by atoms with Crippen LogP contribution in [0.25, 0.3) is 22.3 Å². The first kappa shape index (κ1) is 25.9. The van der Waals surface area contributed by atoms with Crippen molar-refractivity contribution in [2.24, 2.45) is 0 Å². The number of carboxylic acid groups (broad SMARTS) is 1. The maximum atomic E-state index is 15.3. The van der Waals surface area contributed by atoms with Crippen LogP contribution in [-0.4, -0.2) is 39.3 Å². The van der Waals surface area contributed by atoms with E-state index in [0.29, 0.717) is 58.4 Å². The van der Waals surface area contributed by atoms with E-state index < -0.39 is 11.8 Å². The summed E-state index contributed by atoms with van der Waals surface area (Å²) in [4.78, 5) is 20.7. The van der Waals surface area contributed by atoms with Crippen molar-refractivity contribution in [3.05, 3.63) is 107 Å². The normalized spacial score (nSPS) is 11.1. The number of carbonyl (C=O) groups is 1. The van der Waals surface area contributed by atoms with Gasteiger partial charge in [-0.15, -0.1) is 0 Å². The van der Waals surface area contributed by atoms with Crippen LogP contribution in [0.15, 0.2) is 78.9 Å². The van der Waals surface area contributed by atoms with Gasteiger partial charge in [0.05, 0.1) is 28.9 Å². The number of methoxy groups -OCH3 is 1. The first-order valence-corrected chi connectivity index (χ1v) is 12.4. The number of anilines is 1. The van der Waals surface area contributed by atoms with E-state index in [2.05, 4.69) is 9.97 Å². The number of aromatic carboxylic acids is 1. The molecule has 5 aromatic rings. The minimum atomic E-state index is -1.02. The predicted molar refractivity (Wildman–Crippen MR) is 146 cm³/mol. The zero-order chi connectivity index (χ0) is 27.4. The van der Waals surface area contributed by atoms with E-state index >= 15 is 4.39 Å². The second-order valence-corrected chi connectivity index (χ2v) is 9.01. The number of nitrogens with zero attached hydrogens (tertiary/aromatic N) is 3. The summed E-state index contributed by atoms with van der Waals surface area (Å²) in [7, 11) is 1.59. The monoisotopic (exact) mass is 526 g/mol. The third-order valence-electron chi connectivity index (χ3n) is 6.44. The van der Waals surface area contributed by atoms with Gasteiger partial charge in [0, 0.05) is 43.0 Å². The number of aromatic nitrogens is 3. The molecule has 9 heteroatoms. The minimum absolute atomic E-state index is 0.161. The van der Waals surface area contributed by atoms with Gasteiger partial charge in [-0.2, -0.15) is 0 Å². The molecule has 0 aliphatic carbocycles. The quantitative estimate of drug-likeness (QED) is 0.236. The van der Waals surface area contributed by atoms with Crippen LogP contribution < -0.4 is 10.5 Å². The highest BCUT2D eigenvalue weighted by Crippen LogP contribution is 2.26. The van der Waals surface area contributed by atoms with Crippen LogP contribution in [0.5, 0.6) is 5.88 Å². The molecule has 0 saturated carbocycles. The number of carboxylic acids is 1. The van der Waals surface area contributed by atoms with Gasteiger partial charge in [0.15, 0.2) is 0 Å². The lowest BCUT2D eigenvalue weighted by atomic mass is 10.1. The van der Waals surface area contributed by atoms with Crippen molar-refractivity contribution < 1.29 is 23.8 Å². The van der Waals surface area contributed by atoms with Gasteiger partial charge in [0.2, 0.25) is 5.88 Å². The number of nitrogen functional groups attached to an aromatic ring is 1. The maximum Gasteiger partial charge on any atom is 0.335 e. The molecule has 2 heterocycles. The molecule has 0 aliphatic rings. The Morgan fingerprint density at radius 1 is 1.00 bits per heavy atom. The zero-order valence-electron chi connectivity index (χ0n) is 21.3. The second kappa shape index (κ2) is 11.3. The van der Waals surface area contributed by atoms with Crippen LogP contribution in [-0.2, 0) is 24.3 Å². The number of hydrogen-bond acceptors (Lipinski definition) is 6. The lowest BCUT2D eigenvalue weighted by Crippen LogP contribution is -2.10. The second-order valence-electron chi connectivity index (χ2n) is 9.01. The Morgan fingerprint density at radius 2 is 1.85 bits per heavy atom. The van der Waals surface area contributed by atoms with Crippen LogP contribution in [0.2, 0.25) is 0 Å². The highest BCUT2D eigenvalue weighted by Gasteiger charge is 2.16. The number of nitrogens with two attached hydrogens (primary N) is 1. The number of rotatable bonds is 10. The van der Waals surface area contributed by atoms with Gasteiger partial charge in [-0.3, -0.25) is 0 Å². The standard InChI is InChI=1S/C30H27FN4O4/c1-38-14-13-35-27-16-21(30(36)37)11-12-26(27)33-28(35)17-19-9-10-20(15-23(19)31)25-7-4-8-29(34-25)39-18-22-5-2-3-6-24(22)32/h2-12,15-16H,13-14,17-18,32H2,1H3,(H,36,37). The van der Waals surface area contributed by atoms with Gasteiger partial charge in [0.25, 0.3) is 0 Å². The van der Waals surface area contributed by atoms with Crippen molar-refractivity contribution in [2.45, 2.75) is 19.6 Å². The molecule has 8 nitrogen and oxygen atoms in total. The number of benzene rings is 3. The van der Waals surface area contributed by atoms with Crippen LogP contribution in [0, 0.1) is 5.82 Å². The van der Waals surface area contributed by atoms with Crippen LogP contribution >= 0.6 is 0 Å². The Morgan fingerprint density at radius 3 is 2.62 bits per heavy atom. The molecule has 0 saturated heterocycles. The number of ether oxygens (including phenoxy) is 2. The van der Waals surface area contributed by atoms with E-state index in [1.807, 2.05) is 34.9 Å². The highest BCUT2D eigenvalue weighted by atomic mass is 19.1. The van der Waals surface area contributed by atoms with E-state index in [9.17, 15) is 9.90 Å². The largest absolute Gasteiger partial charge is 0.478 e. The van der Waals surface area contributed by atoms with Gasteiger partial charge in [0.1, 0.15) is 18.2 Å². The molecule has 0 aliphatic heterocycles. The van der Waals surface area contributed by atoms with Gasteiger partial charge in [-0.1, -0.05) is 36.4 Å². The maximum absolute atomic E-state index is 15.3. The number of hydrogen-bond donors (Lipinski definition) is 2. The first-order chi connectivity index (χ1) is 18.9. The summed E-state index contributed by atoms with van der Waals surface area (Å²) >= 11 is 0. The summed E-state index contributed by atoms with van der Waals surface area (Å²) in [5.41, 5.74) is 10.6. The number of fused-ring (bicyclic) bond motifs is 1. The molecule has 198 valence electrons. The molecule has 0 radical (unpaired) electrons. The van der Waals surface area contributed by atoms with Crippen molar-refractivity contribution in [3.8, 4) is 17.1 Å². The predicted octanol–water partition coefficient (Wildman–Crippen LogP) is 5.33. The Balaban J connectivity index is 1.38. The summed E-state index contributed by atoms with van der Waals surface area (Å²) in [6.07, 6.45) is 0.224. The zero-order valence-corrected chi connectivity index (χ0v) is 21.3. The fraction of sp³-hybridized carbons (Fsp3) is 0.167. The molecular weight excluding hydrogens is 499 g/mol. The molecule has 3 N–H and O–H groups in total. The summed E-state index contributed by atoms with van der Waals surface area (Å²) in [6.45, 7) is 1.13. The fourth-order valence-corrected chi connectivity index (χ4v) is 4.37. The molecule has 0 amide bonds. The van der Waals surface area contributed by atoms with Gasteiger partial charge >= 0.3 is 5.97 Å². The summed E-state index contributed by atoms with van der Waals surface area (Å²) in [5, 5.41) is 9.40. The van der Waals surface area contributed by atoms with E-state index in [4.69, 9.17) is 15.2 Å². The molecule has 0 atom stereocenters. The van der Waals surface area contributed by atoms with Crippen molar-refractivity contribution >= 4 is 22.7 Å². The Bertz CT molecular complexity index is 1650. The molecular formula is C30H27FN4O4. The average molecular weight is 527 g/mol. The van der Waals surface area contributed by atoms with E-state index in [1.54, 1.807) is 43.5 Å². The summed E-state index contributed by atoms with van der Waals surface area (Å²) < 4.78 is 28.3. The van der Waals surface area contributed by atoms with Crippen molar-refractivity contribution in [1.29, 1.82) is 0 Å². The Labute approximate surface area is 224 Å². The first-order valence-electron chi connectivity index (χ1n) is 12.4. The molecule has 5 rings (SSSR count). The summed E-state index contributed by atoms with van der Waals surface area (Å²) in [5.74, 6) is -0.390. The molecule has 3 aromatic carbocycles. The number of pyridine rings is 1. The molecule has 39 heavy (non-hydrogen) atoms. The topological polar surface area (TPSA) is 112 Å². The lowest BCUT2D eigenvalue weighted by molar-refractivity contribution is 0.0697. The van der Waals surface area contributed by atoms with Crippen LogP contribution in [0.1, 0.15) is 27.3 Å². The lowest BCUT2D eigenvalue weighted by Gasteiger charge is -2.11. The summed E-state index contributed by atoms with van der Waals surface area (Å²) in [6, 6.07) is 22.5. The number of imidazole rings is 1. The Kier molecular flexibility index (Phi) is 7.51. The molecule has 2 aromatic heterocycles. The number of para-hydroxylation sites is 1.